The van der Waals surface area contributed by atoms with Gasteiger partial charge < -0.3 is 0 Å². The fourth-order valence-electron chi connectivity index (χ4n) is 8.55. The SMILES string of the molecule is CC/C=C\C(=NC)c1ccc(-c2cc(-c3ccc(-c4ccccn4)cc3)c(-c3cc(-c4ccccn4)cc(-c4ccccn4)c3)cc2-c2cc(C(/C=C\CC)=NC)cc(-c3ccccn3)c2)cc1. The highest BCUT2D eigenvalue weighted by Gasteiger charge is 2.20. The van der Waals surface area contributed by atoms with Gasteiger partial charge in [-0.1, -0.05) is 98.8 Å². The molecule has 0 saturated heterocycles. The van der Waals surface area contributed by atoms with Crippen LogP contribution in [0.3, 0.4) is 0 Å². The van der Waals surface area contributed by atoms with Crippen molar-refractivity contribution in [1.29, 1.82) is 0 Å². The van der Waals surface area contributed by atoms with Crippen LogP contribution in [0.4, 0.5) is 0 Å². The van der Waals surface area contributed by atoms with E-state index in [1.54, 1.807) is 0 Å². The monoisotopic (exact) mass is 880 g/mol. The van der Waals surface area contributed by atoms with Gasteiger partial charge >= 0.3 is 0 Å². The van der Waals surface area contributed by atoms with Gasteiger partial charge in [-0.25, -0.2) is 0 Å². The standard InChI is InChI=1S/C62H52N6/c1-5-7-17-57(63-3)45-27-23-43(24-28-45)53-41-54(44-25-29-46(30-26-44)59-19-9-13-31-65-59)56(48-37-51(61-21-11-15-33-67-61)40-52(38-48)62-22-12-16-34-68-62)42-55(53)47-35-49(58(64-4)18-8-6-2)39-50(36-47)60-20-10-14-32-66-60/h7-42H,5-6H2,1-4H3/b17-7-,18-8-,63-57?,64-58?. The zero-order chi connectivity index (χ0) is 46.7. The summed E-state index contributed by atoms with van der Waals surface area (Å²) >= 11 is 0. The molecule has 0 bridgehead atoms. The second kappa shape index (κ2) is 21.2. The van der Waals surface area contributed by atoms with Crippen molar-refractivity contribution in [3.63, 3.8) is 0 Å². The third kappa shape index (κ3) is 10.0. The molecule has 0 aliphatic rings. The summed E-state index contributed by atoms with van der Waals surface area (Å²) in [6.45, 7) is 4.28. The van der Waals surface area contributed by atoms with Crippen molar-refractivity contribution in [3.05, 3.63) is 230 Å². The molecule has 9 rings (SSSR count). The van der Waals surface area contributed by atoms with Gasteiger partial charge in [-0.2, -0.15) is 0 Å². The van der Waals surface area contributed by atoms with Crippen molar-refractivity contribution in [2.45, 2.75) is 26.7 Å². The highest BCUT2D eigenvalue weighted by molar-refractivity contribution is 6.11. The summed E-state index contributed by atoms with van der Waals surface area (Å²) in [6.07, 6.45) is 17.7. The largest absolute Gasteiger partial charge is 0.288 e. The Hall–Kier alpha value is -8.48. The summed E-state index contributed by atoms with van der Waals surface area (Å²) in [5.41, 5.74) is 20.0. The highest BCUT2D eigenvalue weighted by Crippen LogP contribution is 2.45. The first-order valence-corrected chi connectivity index (χ1v) is 23.2. The average Bonchev–Trinajstić information content (AvgIpc) is 3.42. The van der Waals surface area contributed by atoms with Gasteiger partial charge in [0.05, 0.1) is 34.2 Å². The summed E-state index contributed by atoms with van der Waals surface area (Å²) in [5.74, 6) is 0. The average molecular weight is 881 g/mol. The number of aromatic nitrogens is 4. The number of rotatable bonds is 14. The number of hydrogen-bond acceptors (Lipinski definition) is 6. The van der Waals surface area contributed by atoms with Crippen LogP contribution in [0.5, 0.6) is 0 Å². The maximum absolute atomic E-state index is 4.84. The number of aliphatic imine (C=N–C) groups is 2. The molecule has 0 spiro atoms. The van der Waals surface area contributed by atoms with E-state index in [4.69, 9.17) is 19.9 Å². The Balaban J connectivity index is 1.37. The zero-order valence-electron chi connectivity index (χ0n) is 38.9. The normalized spacial score (nSPS) is 12.0. The maximum Gasteiger partial charge on any atom is 0.0702 e. The van der Waals surface area contributed by atoms with E-state index < -0.39 is 0 Å². The predicted molar refractivity (Wildman–Crippen MR) is 285 cm³/mol. The molecule has 4 aromatic heterocycles. The minimum absolute atomic E-state index is 0.882. The van der Waals surface area contributed by atoms with Crippen molar-refractivity contribution in [2.75, 3.05) is 14.1 Å². The van der Waals surface area contributed by atoms with E-state index in [1.807, 2.05) is 93.5 Å². The molecule has 0 fully saturated rings. The van der Waals surface area contributed by atoms with Crippen LogP contribution in [0, 0.1) is 0 Å². The lowest BCUT2D eigenvalue weighted by molar-refractivity contribution is 1.23. The fraction of sp³-hybridized carbons (Fsp3) is 0.0968. The quantitative estimate of drug-likeness (QED) is 0.102. The maximum atomic E-state index is 4.84. The number of hydrogen-bond donors (Lipinski definition) is 0. The van der Waals surface area contributed by atoms with E-state index in [0.717, 1.165) is 125 Å². The van der Waals surface area contributed by atoms with E-state index in [1.165, 1.54) is 0 Å². The summed E-state index contributed by atoms with van der Waals surface area (Å²) in [5, 5.41) is 0. The molecule has 9 aromatic rings. The lowest BCUT2D eigenvalue weighted by atomic mass is 9.83. The van der Waals surface area contributed by atoms with Gasteiger partial charge in [-0.05, 0) is 172 Å². The second-order valence-corrected chi connectivity index (χ2v) is 16.4. The van der Waals surface area contributed by atoms with Crippen LogP contribution in [0.2, 0.25) is 0 Å². The first-order chi connectivity index (χ1) is 33.5. The van der Waals surface area contributed by atoms with Crippen molar-refractivity contribution in [3.8, 4) is 89.5 Å². The van der Waals surface area contributed by atoms with Gasteiger partial charge in [-0.15, -0.1) is 0 Å². The fourth-order valence-corrected chi connectivity index (χ4v) is 8.55. The lowest BCUT2D eigenvalue weighted by Gasteiger charge is -2.21. The smallest absolute Gasteiger partial charge is 0.0702 e. The van der Waals surface area contributed by atoms with E-state index in [-0.39, 0.29) is 0 Å². The molecule has 6 heteroatoms. The van der Waals surface area contributed by atoms with Crippen LogP contribution in [-0.4, -0.2) is 45.5 Å². The van der Waals surface area contributed by atoms with Crippen LogP contribution in [-0.2, 0) is 0 Å². The molecular formula is C62H52N6. The van der Waals surface area contributed by atoms with Gasteiger partial charge in [0.1, 0.15) is 0 Å². The van der Waals surface area contributed by atoms with Crippen molar-refractivity contribution < 1.29 is 0 Å². The van der Waals surface area contributed by atoms with Crippen molar-refractivity contribution in [2.24, 2.45) is 9.98 Å². The number of benzene rings is 5. The van der Waals surface area contributed by atoms with Gasteiger partial charge in [0.15, 0.2) is 0 Å². The second-order valence-electron chi connectivity index (χ2n) is 16.4. The van der Waals surface area contributed by atoms with Crippen molar-refractivity contribution >= 4 is 11.4 Å². The first-order valence-electron chi connectivity index (χ1n) is 23.2. The topological polar surface area (TPSA) is 76.3 Å². The third-order valence-electron chi connectivity index (χ3n) is 12.0. The highest BCUT2D eigenvalue weighted by atomic mass is 14.7. The molecule has 4 heterocycles. The molecule has 6 nitrogen and oxygen atoms in total. The molecule has 330 valence electrons. The third-order valence-corrected chi connectivity index (χ3v) is 12.0. The van der Waals surface area contributed by atoms with E-state index >= 15 is 0 Å². The Morgan fingerprint density at radius 3 is 1.10 bits per heavy atom. The molecule has 0 atom stereocenters. The van der Waals surface area contributed by atoms with Gasteiger partial charge in [0.25, 0.3) is 0 Å². The predicted octanol–water partition coefficient (Wildman–Crippen LogP) is 15.4. The van der Waals surface area contributed by atoms with Crippen molar-refractivity contribution in [1.82, 2.24) is 19.9 Å². The molecule has 0 amide bonds. The molecule has 0 aliphatic carbocycles. The molecule has 0 N–H and O–H groups in total. The molecule has 68 heavy (non-hydrogen) atoms. The molecule has 0 aliphatic heterocycles. The van der Waals surface area contributed by atoms with Crippen LogP contribution < -0.4 is 0 Å². The Labute approximate surface area is 400 Å². The van der Waals surface area contributed by atoms with Crippen LogP contribution in [0.1, 0.15) is 37.8 Å². The van der Waals surface area contributed by atoms with Gasteiger partial charge in [0, 0.05) is 66.7 Å². The van der Waals surface area contributed by atoms with Crippen LogP contribution in [0.15, 0.2) is 229 Å². The first kappa shape index (κ1) is 44.7. The number of nitrogens with zero attached hydrogens (tertiary/aromatic N) is 6. The minimum Gasteiger partial charge on any atom is -0.288 e. The molecule has 5 aromatic carbocycles. The summed E-state index contributed by atoms with van der Waals surface area (Å²) in [7, 11) is 3.71. The molecule has 0 saturated carbocycles. The van der Waals surface area contributed by atoms with E-state index in [2.05, 4.69) is 163 Å². The van der Waals surface area contributed by atoms with Crippen LogP contribution in [0.25, 0.3) is 89.5 Å². The lowest BCUT2D eigenvalue weighted by Crippen LogP contribution is -2.00. The van der Waals surface area contributed by atoms with Gasteiger partial charge in [0.2, 0.25) is 0 Å². The Morgan fingerprint density at radius 2 is 0.691 bits per heavy atom. The van der Waals surface area contributed by atoms with E-state index in [0.29, 0.717) is 0 Å². The molecule has 0 unspecified atom stereocenters. The number of pyridine rings is 4. The van der Waals surface area contributed by atoms with E-state index in [9.17, 15) is 0 Å². The minimum atomic E-state index is 0.882. The Morgan fingerprint density at radius 1 is 0.353 bits per heavy atom. The van der Waals surface area contributed by atoms with Gasteiger partial charge in [-0.3, -0.25) is 29.9 Å². The summed E-state index contributed by atoms with van der Waals surface area (Å²) in [6, 6.07) is 59.9. The molecular weight excluding hydrogens is 829 g/mol. The summed E-state index contributed by atoms with van der Waals surface area (Å²) < 4.78 is 0. The Bertz CT molecular complexity index is 3210. The van der Waals surface area contributed by atoms with Crippen LogP contribution >= 0.6 is 0 Å². The Kier molecular flexibility index (Phi) is 14.0. The molecule has 0 radical (unpaired) electrons. The number of allylic oxidation sites excluding steroid dienone is 4. The zero-order valence-corrected chi connectivity index (χ0v) is 38.9. The summed E-state index contributed by atoms with van der Waals surface area (Å²) in [4.78, 5) is 28.6.